The van der Waals surface area contributed by atoms with Crippen molar-refractivity contribution in [3.05, 3.63) is 28.7 Å². The number of hydrogen-bond donors (Lipinski definition) is 1. The third-order valence-electron chi connectivity index (χ3n) is 5.38. The number of nitrogens with one attached hydrogen (secondary N) is 1. The number of likely N-dealkylation sites (tertiary alicyclic amines) is 1. The zero-order valence-electron chi connectivity index (χ0n) is 18.0. The van der Waals surface area contributed by atoms with Crippen LogP contribution in [0.3, 0.4) is 0 Å². The van der Waals surface area contributed by atoms with Gasteiger partial charge in [0.2, 0.25) is 11.8 Å². The van der Waals surface area contributed by atoms with Crippen molar-refractivity contribution in [2.45, 2.75) is 51.4 Å². The monoisotopic (exact) mass is 430 g/mol. The Hall–Kier alpha value is -3.30. The standard InChI is InChI=1S/C21H26N4O6/c1-21(2,3)31-20(29)24-10-12(11-24)30-15-7-5-6-13-17(15)23(4)19(28)25(13)14-8-9-16(26)22-18(14)27/h5-7,12,14H,8-11H2,1-4H3,(H,22,26,27). The van der Waals surface area contributed by atoms with Gasteiger partial charge in [0.15, 0.2) is 0 Å². The molecule has 31 heavy (non-hydrogen) atoms. The second-order valence-electron chi connectivity index (χ2n) is 8.93. The van der Waals surface area contributed by atoms with E-state index in [9.17, 15) is 19.2 Å². The van der Waals surface area contributed by atoms with Gasteiger partial charge in [0.1, 0.15) is 29.0 Å². The molecule has 1 aromatic carbocycles. The van der Waals surface area contributed by atoms with Gasteiger partial charge in [-0.1, -0.05) is 6.07 Å². The molecule has 2 saturated heterocycles. The topological polar surface area (TPSA) is 112 Å². The Morgan fingerprint density at radius 1 is 1.16 bits per heavy atom. The number of rotatable bonds is 3. The number of aromatic nitrogens is 2. The number of imidazole rings is 1. The minimum Gasteiger partial charge on any atom is -0.484 e. The molecule has 0 saturated carbocycles. The maximum atomic E-state index is 12.9. The summed E-state index contributed by atoms with van der Waals surface area (Å²) in [7, 11) is 1.62. The molecular weight excluding hydrogens is 404 g/mol. The molecule has 3 heterocycles. The third-order valence-corrected chi connectivity index (χ3v) is 5.38. The lowest BCUT2D eigenvalue weighted by Gasteiger charge is -2.39. The number of piperidine rings is 1. The Morgan fingerprint density at radius 2 is 1.87 bits per heavy atom. The number of fused-ring (bicyclic) bond motifs is 1. The van der Waals surface area contributed by atoms with Crippen LogP contribution in [0.4, 0.5) is 4.79 Å². The number of para-hydroxylation sites is 1. The number of benzene rings is 1. The Morgan fingerprint density at radius 3 is 2.52 bits per heavy atom. The quantitative estimate of drug-likeness (QED) is 0.735. The number of hydrogen-bond acceptors (Lipinski definition) is 6. The molecule has 0 aliphatic carbocycles. The van der Waals surface area contributed by atoms with Gasteiger partial charge in [-0.05, 0) is 39.3 Å². The second-order valence-corrected chi connectivity index (χ2v) is 8.93. The summed E-state index contributed by atoms with van der Waals surface area (Å²) in [5.41, 5.74) is 0.200. The average Bonchev–Trinajstić information content (AvgIpc) is 2.88. The van der Waals surface area contributed by atoms with Crippen LogP contribution in [0.5, 0.6) is 5.75 Å². The fourth-order valence-electron chi connectivity index (χ4n) is 3.90. The van der Waals surface area contributed by atoms with Gasteiger partial charge in [0, 0.05) is 13.5 Å². The van der Waals surface area contributed by atoms with Crippen molar-refractivity contribution in [3.63, 3.8) is 0 Å². The van der Waals surface area contributed by atoms with E-state index in [1.165, 1.54) is 9.13 Å². The Kier molecular flexibility index (Phi) is 5.03. The summed E-state index contributed by atoms with van der Waals surface area (Å²) in [6.45, 7) is 6.20. The normalized spacial score (nSPS) is 19.9. The van der Waals surface area contributed by atoms with Gasteiger partial charge < -0.3 is 14.4 Å². The van der Waals surface area contributed by atoms with E-state index in [-0.39, 0.29) is 36.6 Å². The Bertz CT molecular complexity index is 1120. The molecule has 2 fully saturated rings. The van der Waals surface area contributed by atoms with E-state index < -0.39 is 17.6 Å². The van der Waals surface area contributed by atoms with Crippen LogP contribution < -0.4 is 15.7 Å². The van der Waals surface area contributed by atoms with Gasteiger partial charge in [0.05, 0.1) is 18.6 Å². The molecule has 1 unspecified atom stereocenters. The van der Waals surface area contributed by atoms with Crippen LogP contribution in [0.1, 0.15) is 39.7 Å². The summed E-state index contributed by atoms with van der Waals surface area (Å²) in [6, 6.07) is 4.51. The molecule has 1 N–H and O–H groups in total. The number of imide groups is 1. The molecule has 4 rings (SSSR count). The number of carbonyl (C=O) groups excluding carboxylic acids is 3. The first-order chi connectivity index (χ1) is 14.5. The number of amides is 3. The summed E-state index contributed by atoms with van der Waals surface area (Å²) in [6.07, 6.45) is -0.172. The molecule has 1 aromatic heterocycles. The van der Waals surface area contributed by atoms with E-state index in [1.54, 1.807) is 30.1 Å². The highest BCUT2D eigenvalue weighted by molar-refractivity contribution is 6.00. The first kappa shape index (κ1) is 21.0. The molecule has 1 atom stereocenters. The summed E-state index contributed by atoms with van der Waals surface area (Å²) < 4.78 is 14.3. The highest BCUT2D eigenvalue weighted by Gasteiger charge is 2.36. The van der Waals surface area contributed by atoms with Crippen molar-refractivity contribution >= 4 is 28.9 Å². The van der Waals surface area contributed by atoms with E-state index in [1.807, 2.05) is 20.8 Å². The smallest absolute Gasteiger partial charge is 0.410 e. The summed E-state index contributed by atoms with van der Waals surface area (Å²) in [5, 5.41) is 2.30. The molecular formula is C21H26N4O6. The number of carbonyl (C=O) groups is 3. The maximum absolute atomic E-state index is 12.9. The van der Waals surface area contributed by atoms with Gasteiger partial charge in [-0.15, -0.1) is 0 Å². The second kappa shape index (κ2) is 7.44. The third kappa shape index (κ3) is 3.89. The molecule has 2 aliphatic heterocycles. The van der Waals surface area contributed by atoms with E-state index in [4.69, 9.17) is 9.47 Å². The number of aryl methyl sites for hydroxylation is 1. The molecule has 0 bridgehead atoms. The van der Waals surface area contributed by atoms with Crippen molar-refractivity contribution < 1.29 is 23.9 Å². The van der Waals surface area contributed by atoms with Crippen LogP contribution in [0.15, 0.2) is 23.0 Å². The molecule has 0 radical (unpaired) electrons. The van der Waals surface area contributed by atoms with Gasteiger partial charge in [0.25, 0.3) is 0 Å². The zero-order chi connectivity index (χ0) is 22.5. The van der Waals surface area contributed by atoms with E-state index >= 15 is 0 Å². The minimum absolute atomic E-state index is 0.179. The summed E-state index contributed by atoms with van der Waals surface area (Å²) in [5.74, 6) is -0.320. The van der Waals surface area contributed by atoms with Crippen molar-refractivity contribution in [3.8, 4) is 5.75 Å². The Balaban J connectivity index is 1.56. The van der Waals surface area contributed by atoms with Gasteiger partial charge in [-0.3, -0.25) is 24.0 Å². The van der Waals surface area contributed by atoms with Crippen molar-refractivity contribution in [2.75, 3.05) is 13.1 Å². The molecule has 3 amide bonds. The fourth-order valence-corrected chi connectivity index (χ4v) is 3.90. The lowest BCUT2D eigenvalue weighted by molar-refractivity contribution is -0.135. The lowest BCUT2D eigenvalue weighted by atomic mass is 10.1. The molecule has 10 nitrogen and oxygen atoms in total. The number of nitrogens with zero attached hydrogens (tertiary/aromatic N) is 3. The van der Waals surface area contributed by atoms with Crippen LogP contribution in [0.25, 0.3) is 11.0 Å². The van der Waals surface area contributed by atoms with E-state index in [0.717, 1.165) is 0 Å². The van der Waals surface area contributed by atoms with Gasteiger partial charge in [-0.2, -0.15) is 0 Å². The first-order valence-corrected chi connectivity index (χ1v) is 10.2. The molecule has 10 heteroatoms. The summed E-state index contributed by atoms with van der Waals surface area (Å²) >= 11 is 0. The molecule has 0 spiro atoms. The minimum atomic E-state index is -0.754. The first-order valence-electron chi connectivity index (χ1n) is 10.2. The lowest BCUT2D eigenvalue weighted by Crippen LogP contribution is -2.57. The van der Waals surface area contributed by atoms with Crippen molar-refractivity contribution in [1.29, 1.82) is 0 Å². The van der Waals surface area contributed by atoms with Gasteiger partial charge in [-0.25, -0.2) is 9.59 Å². The molecule has 2 aromatic rings. The van der Waals surface area contributed by atoms with E-state index in [0.29, 0.717) is 29.9 Å². The molecule has 2 aliphatic rings. The maximum Gasteiger partial charge on any atom is 0.410 e. The fraction of sp³-hybridized carbons (Fsp3) is 0.524. The van der Waals surface area contributed by atoms with Gasteiger partial charge >= 0.3 is 11.8 Å². The highest BCUT2D eigenvalue weighted by atomic mass is 16.6. The predicted molar refractivity (Wildman–Crippen MR) is 111 cm³/mol. The van der Waals surface area contributed by atoms with Crippen molar-refractivity contribution in [2.24, 2.45) is 7.05 Å². The van der Waals surface area contributed by atoms with Crippen LogP contribution in [0, 0.1) is 0 Å². The Labute approximate surface area is 178 Å². The highest BCUT2D eigenvalue weighted by Crippen LogP contribution is 2.30. The zero-order valence-corrected chi connectivity index (χ0v) is 18.0. The predicted octanol–water partition coefficient (Wildman–Crippen LogP) is 1.32. The van der Waals surface area contributed by atoms with Crippen molar-refractivity contribution in [1.82, 2.24) is 19.4 Å². The summed E-state index contributed by atoms with van der Waals surface area (Å²) in [4.78, 5) is 50.5. The van der Waals surface area contributed by atoms with Crippen LogP contribution in [0.2, 0.25) is 0 Å². The van der Waals surface area contributed by atoms with Crippen LogP contribution in [-0.2, 0) is 21.4 Å². The average molecular weight is 430 g/mol. The van der Waals surface area contributed by atoms with Crippen LogP contribution in [-0.4, -0.2) is 56.7 Å². The number of ether oxygens (including phenoxy) is 2. The molecule has 166 valence electrons. The van der Waals surface area contributed by atoms with E-state index in [2.05, 4.69) is 5.32 Å². The SMILES string of the molecule is Cn1c(=O)n(C2CCC(=O)NC2=O)c2cccc(OC3CN(C(=O)OC(C)(C)C)C3)c21. The largest absolute Gasteiger partial charge is 0.484 e. The van der Waals surface area contributed by atoms with Crippen LogP contribution >= 0.6 is 0 Å².